The van der Waals surface area contributed by atoms with E-state index in [0.717, 1.165) is 41.5 Å². The summed E-state index contributed by atoms with van der Waals surface area (Å²) in [5, 5.41) is 0. The maximum Gasteiger partial charge on any atom is 0.513 e. The number of aryl methyl sites for hydroxylation is 1. The first kappa shape index (κ1) is 26.2. The van der Waals surface area contributed by atoms with Crippen LogP contribution in [0.3, 0.4) is 0 Å². The first-order chi connectivity index (χ1) is 18.3. The van der Waals surface area contributed by atoms with Crippen LogP contribution >= 0.6 is 0 Å². The Hall–Kier alpha value is -3.85. The molecule has 0 N–H and O–H groups in total. The zero-order valence-corrected chi connectivity index (χ0v) is 21.5. The predicted molar refractivity (Wildman–Crippen MR) is 152 cm³/mol. The van der Waals surface area contributed by atoms with Gasteiger partial charge < -0.3 is 9.47 Å². The molecule has 0 fully saturated rings. The minimum absolute atomic E-state index is 0.381. The van der Waals surface area contributed by atoms with Gasteiger partial charge >= 0.3 is 6.16 Å². The van der Waals surface area contributed by atoms with Crippen molar-refractivity contribution in [3.8, 4) is 28.0 Å². The van der Waals surface area contributed by atoms with Gasteiger partial charge in [-0.1, -0.05) is 135 Å². The van der Waals surface area contributed by atoms with Gasteiger partial charge in [-0.25, -0.2) is 4.79 Å². The Morgan fingerprint density at radius 2 is 1.11 bits per heavy atom. The molecule has 0 heterocycles. The third kappa shape index (κ3) is 8.35. The number of hydrogen-bond donors (Lipinski definition) is 0. The molecule has 0 radical (unpaired) electrons. The summed E-state index contributed by atoms with van der Waals surface area (Å²) in [6.07, 6.45) is 8.60. The quantitative estimate of drug-likeness (QED) is 0.106. The van der Waals surface area contributed by atoms with E-state index in [0.29, 0.717) is 12.4 Å². The van der Waals surface area contributed by atoms with Crippen LogP contribution in [-0.2, 0) is 11.2 Å². The van der Waals surface area contributed by atoms with Crippen molar-refractivity contribution in [2.75, 3.05) is 6.61 Å². The fraction of sp³-hybridized carbons (Fsp3) is 0.265. The van der Waals surface area contributed by atoms with Crippen LogP contribution < -0.4 is 4.74 Å². The molecule has 3 nitrogen and oxygen atoms in total. The van der Waals surface area contributed by atoms with Gasteiger partial charge in [0.25, 0.3) is 0 Å². The van der Waals surface area contributed by atoms with E-state index >= 15 is 0 Å². The van der Waals surface area contributed by atoms with Crippen molar-refractivity contribution in [2.24, 2.45) is 0 Å². The third-order valence-electron chi connectivity index (χ3n) is 6.54. The predicted octanol–water partition coefficient (Wildman–Crippen LogP) is 9.51. The number of benzene rings is 4. The highest BCUT2D eigenvalue weighted by atomic mass is 16.7. The van der Waals surface area contributed by atoms with Gasteiger partial charge in [-0.15, -0.1) is 0 Å². The van der Waals surface area contributed by atoms with Crippen molar-refractivity contribution in [2.45, 2.75) is 51.4 Å². The molecular weight excluding hydrogens is 456 g/mol. The third-order valence-corrected chi connectivity index (χ3v) is 6.54. The molecule has 0 aromatic heterocycles. The Morgan fingerprint density at radius 1 is 0.541 bits per heavy atom. The van der Waals surface area contributed by atoms with E-state index in [1.807, 2.05) is 60.7 Å². The number of hydrogen-bond acceptors (Lipinski definition) is 3. The zero-order valence-electron chi connectivity index (χ0n) is 21.5. The van der Waals surface area contributed by atoms with Crippen LogP contribution in [0.4, 0.5) is 4.79 Å². The topological polar surface area (TPSA) is 35.5 Å². The molecule has 0 aliphatic rings. The van der Waals surface area contributed by atoms with Gasteiger partial charge in [-0.05, 0) is 47.6 Å². The van der Waals surface area contributed by atoms with Crippen LogP contribution in [0.5, 0.6) is 5.75 Å². The second-order valence-corrected chi connectivity index (χ2v) is 9.32. The van der Waals surface area contributed by atoms with Crippen LogP contribution in [-0.4, -0.2) is 12.8 Å². The summed E-state index contributed by atoms with van der Waals surface area (Å²) in [4.78, 5) is 12.5. The maximum absolute atomic E-state index is 12.5. The summed E-state index contributed by atoms with van der Waals surface area (Å²) < 4.78 is 11.1. The number of unbranched alkanes of at least 4 members (excludes halogenated alkanes) is 6. The molecule has 0 aliphatic heterocycles. The summed E-state index contributed by atoms with van der Waals surface area (Å²) in [6, 6.07) is 36.6. The van der Waals surface area contributed by atoms with Crippen LogP contribution in [0.1, 0.15) is 50.5 Å². The molecule has 4 aromatic rings. The van der Waals surface area contributed by atoms with Crippen molar-refractivity contribution in [1.82, 2.24) is 0 Å². The molecule has 0 bridgehead atoms. The summed E-state index contributed by atoms with van der Waals surface area (Å²) in [5.41, 5.74) is 5.39. The average molecular weight is 493 g/mol. The van der Waals surface area contributed by atoms with Gasteiger partial charge in [0, 0.05) is 5.56 Å². The lowest BCUT2D eigenvalue weighted by Gasteiger charge is -2.15. The first-order valence-electron chi connectivity index (χ1n) is 13.4. The summed E-state index contributed by atoms with van der Waals surface area (Å²) >= 11 is 0. The van der Waals surface area contributed by atoms with Gasteiger partial charge in [-0.3, -0.25) is 0 Å². The standard InChI is InChI=1S/C34H36O3/c35-34(36-27-16-5-3-1-2-4-9-18-28-19-10-6-11-20-28)37-32-26-17-25-31(29-21-12-7-13-22-29)33(32)30-23-14-8-15-24-30/h6-8,10-15,17,19-26H,1-5,9,16,18,27H2. The van der Waals surface area contributed by atoms with Crippen molar-refractivity contribution < 1.29 is 14.3 Å². The fourth-order valence-electron chi connectivity index (χ4n) is 4.61. The Balaban J connectivity index is 1.21. The maximum atomic E-state index is 12.5. The second kappa shape index (κ2) is 14.6. The van der Waals surface area contributed by atoms with Crippen LogP contribution in [0.15, 0.2) is 109 Å². The van der Waals surface area contributed by atoms with Gasteiger partial charge in [-0.2, -0.15) is 0 Å². The molecule has 3 heteroatoms. The van der Waals surface area contributed by atoms with Crippen LogP contribution in [0, 0.1) is 0 Å². The lowest BCUT2D eigenvalue weighted by atomic mass is 9.94. The second-order valence-electron chi connectivity index (χ2n) is 9.32. The lowest BCUT2D eigenvalue weighted by Crippen LogP contribution is -2.12. The van der Waals surface area contributed by atoms with Gasteiger partial charge in [0.1, 0.15) is 5.75 Å². The van der Waals surface area contributed by atoms with E-state index in [9.17, 15) is 4.79 Å². The van der Waals surface area contributed by atoms with E-state index < -0.39 is 6.16 Å². The normalized spacial score (nSPS) is 10.7. The molecule has 190 valence electrons. The molecule has 0 amide bonds. The molecule has 0 unspecified atom stereocenters. The highest BCUT2D eigenvalue weighted by Crippen LogP contribution is 2.39. The van der Waals surface area contributed by atoms with Crippen molar-refractivity contribution in [1.29, 1.82) is 0 Å². The first-order valence-corrected chi connectivity index (χ1v) is 13.4. The van der Waals surface area contributed by atoms with Crippen LogP contribution in [0.2, 0.25) is 0 Å². The molecule has 0 aliphatic carbocycles. The number of rotatable bonds is 13. The van der Waals surface area contributed by atoms with Gasteiger partial charge in [0.2, 0.25) is 0 Å². The Labute approximate surface area is 221 Å². The number of ether oxygens (including phenoxy) is 2. The Kier molecular flexibility index (Phi) is 10.4. The highest BCUT2D eigenvalue weighted by molar-refractivity contribution is 5.88. The molecule has 0 saturated heterocycles. The van der Waals surface area contributed by atoms with E-state index in [4.69, 9.17) is 9.47 Å². The SMILES string of the molecule is O=C(OCCCCCCCCCc1ccccc1)Oc1cccc(-c2ccccc2)c1-c1ccccc1. The van der Waals surface area contributed by atoms with E-state index in [-0.39, 0.29) is 0 Å². The summed E-state index contributed by atoms with van der Waals surface area (Å²) in [7, 11) is 0. The molecule has 4 rings (SSSR count). The largest absolute Gasteiger partial charge is 0.513 e. The van der Waals surface area contributed by atoms with E-state index in [1.54, 1.807) is 0 Å². The Bertz CT molecular complexity index is 1200. The fourth-order valence-corrected chi connectivity index (χ4v) is 4.61. The number of carbonyl (C=O) groups excluding carboxylic acids is 1. The lowest BCUT2D eigenvalue weighted by molar-refractivity contribution is 0.0975. The van der Waals surface area contributed by atoms with Crippen molar-refractivity contribution in [3.05, 3.63) is 115 Å². The molecule has 0 spiro atoms. The van der Waals surface area contributed by atoms with Crippen molar-refractivity contribution >= 4 is 6.16 Å². The molecular formula is C34H36O3. The number of carbonyl (C=O) groups is 1. The molecule has 0 atom stereocenters. The van der Waals surface area contributed by atoms with Crippen LogP contribution in [0.25, 0.3) is 22.3 Å². The monoisotopic (exact) mass is 492 g/mol. The van der Waals surface area contributed by atoms with Gasteiger partial charge in [0.15, 0.2) is 0 Å². The molecule has 4 aromatic carbocycles. The van der Waals surface area contributed by atoms with Gasteiger partial charge in [0.05, 0.1) is 6.61 Å². The highest BCUT2D eigenvalue weighted by Gasteiger charge is 2.16. The van der Waals surface area contributed by atoms with E-state index in [2.05, 4.69) is 48.5 Å². The zero-order chi connectivity index (χ0) is 25.5. The van der Waals surface area contributed by atoms with E-state index in [1.165, 1.54) is 37.7 Å². The Morgan fingerprint density at radius 3 is 1.78 bits per heavy atom. The summed E-state index contributed by atoms with van der Waals surface area (Å²) in [5.74, 6) is 0.507. The average Bonchev–Trinajstić information content (AvgIpc) is 2.95. The minimum Gasteiger partial charge on any atom is -0.434 e. The minimum atomic E-state index is -0.650. The van der Waals surface area contributed by atoms with Crippen molar-refractivity contribution in [3.63, 3.8) is 0 Å². The molecule has 0 saturated carbocycles. The summed E-state index contributed by atoms with van der Waals surface area (Å²) in [6.45, 7) is 0.381. The smallest absolute Gasteiger partial charge is 0.434 e. The molecule has 37 heavy (non-hydrogen) atoms.